The zero-order valence-electron chi connectivity index (χ0n) is 12.4. The lowest BCUT2D eigenvalue weighted by Gasteiger charge is -2.23. The number of halogens is 3. The van der Waals surface area contributed by atoms with Gasteiger partial charge in [-0.2, -0.15) is 0 Å². The van der Waals surface area contributed by atoms with Crippen LogP contribution in [0.1, 0.15) is 23.2 Å². The molecule has 0 saturated carbocycles. The van der Waals surface area contributed by atoms with Crippen LogP contribution in [-0.4, -0.2) is 32.7 Å². The van der Waals surface area contributed by atoms with E-state index in [0.29, 0.717) is 34.5 Å². The van der Waals surface area contributed by atoms with Crippen LogP contribution in [0.3, 0.4) is 0 Å². The van der Waals surface area contributed by atoms with Crippen molar-refractivity contribution in [2.75, 3.05) is 32.5 Å². The quantitative estimate of drug-likeness (QED) is 0.712. The first kappa shape index (κ1) is 21.1. The van der Waals surface area contributed by atoms with Crippen molar-refractivity contribution < 1.29 is 9.53 Å². The third-order valence-electron chi connectivity index (χ3n) is 3.57. The van der Waals surface area contributed by atoms with Gasteiger partial charge >= 0.3 is 0 Å². The van der Waals surface area contributed by atoms with E-state index in [-0.39, 0.29) is 30.7 Å². The van der Waals surface area contributed by atoms with Gasteiger partial charge < -0.3 is 21.1 Å². The average Bonchev–Trinajstić information content (AvgIpc) is 2.48. The molecule has 1 aliphatic heterocycles. The number of methoxy groups -OCH3 is 1. The summed E-state index contributed by atoms with van der Waals surface area (Å²) < 4.78 is 5.18. The summed E-state index contributed by atoms with van der Waals surface area (Å²) in [5.74, 6) is 0.785. The summed E-state index contributed by atoms with van der Waals surface area (Å²) in [5, 5.41) is 6.60. The number of nitrogen functional groups attached to an aromatic ring is 1. The number of nitrogens with two attached hydrogens (primary N) is 1. The van der Waals surface area contributed by atoms with Crippen molar-refractivity contribution in [3.63, 3.8) is 0 Å². The van der Waals surface area contributed by atoms with E-state index in [0.717, 1.165) is 25.9 Å². The van der Waals surface area contributed by atoms with Crippen molar-refractivity contribution in [1.29, 1.82) is 0 Å². The zero-order valence-corrected chi connectivity index (χ0v) is 14.7. The molecular weight excluding hydrogens is 349 g/mol. The minimum Gasteiger partial charge on any atom is -0.496 e. The van der Waals surface area contributed by atoms with Gasteiger partial charge in [0.2, 0.25) is 0 Å². The lowest BCUT2D eigenvalue weighted by molar-refractivity contribution is 0.0941. The predicted octanol–water partition coefficient (Wildman–Crippen LogP) is 2.50. The number of rotatable bonds is 4. The molecule has 126 valence electrons. The molecule has 5 nitrogen and oxygen atoms in total. The molecular formula is C14H22Cl3N3O2. The molecule has 0 aliphatic carbocycles. The van der Waals surface area contributed by atoms with E-state index in [4.69, 9.17) is 22.1 Å². The second-order valence-corrected chi connectivity index (χ2v) is 5.38. The molecule has 1 amide bonds. The second kappa shape index (κ2) is 10.0. The Bertz CT molecular complexity index is 494. The molecule has 0 unspecified atom stereocenters. The molecule has 0 aromatic heterocycles. The summed E-state index contributed by atoms with van der Waals surface area (Å²) in [6.45, 7) is 2.70. The maximum Gasteiger partial charge on any atom is 0.255 e. The van der Waals surface area contributed by atoms with Crippen LogP contribution in [0, 0.1) is 5.92 Å². The van der Waals surface area contributed by atoms with E-state index < -0.39 is 0 Å². The Hall–Kier alpha value is -0.880. The number of piperidine rings is 1. The zero-order chi connectivity index (χ0) is 14.5. The number of carbonyl (C=O) groups excluding carboxylic acids is 1. The first-order chi connectivity index (χ1) is 9.61. The van der Waals surface area contributed by atoms with E-state index in [1.54, 1.807) is 12.1 Å². The van der Waals surface area contributed by atoms with E-state index in [9.17, 15) is 4.79 Å². The van der Waals surface area contributed by atoms with E-state index >= 15 is 0 Å². The molecule has 1 aliphatic rings. The summed E-state index contributed by atoms with van der Waals surface area (Å²) in [6, 6.07) is 3.12. The van der Waals surface area contributed by atoms with Crippen LogP contribution in [0.25, 0.3) is 0 Å². The monoisotopic (exact) mass is 369 g/mol. The maximum absolute atomic E-state index is 12.2. The van der Waals surface area contributed by atoms with Gasteiger partial charge in [0, 0.05) is 12.6 Å². The van der Waals surface area contributed by atoms with Crippen molar-refractivity contribution in [1.82, 2.24) is 10.6 Å². The minimum atomic E-state index is -0.178. The number of anilines is 1. The van der Waals surface area contributed by atoms with Gasteiger partial charge in [0.15, 0.2) is 0 Å². The van der Waals surface area contributed by atoms with Gasteiger partial charge in [0.25, 0.3) is 5.91 Å². The van der Waals surface area contributed by atoms with Crippen LogP contribution in [0.4, 0.5) is 5.69 Å². The Kier molecular flexibility index (Phi) is 9.60. The highest BCUT2D eigenvalue weighted by atomic mass is 35.5. The third-order valence-corrected chi connectivity index (χ3v) is 3.90. The molecule has 0 atom stereocenters. The van der Waals surface area contributed by atoms with Crippen LogP contribution >= 0.6 is 36.4 Å². The smallest absolute Gasteiger partial charge is 0.255 e. The molecule has 4 N–H and O–H groups in total. The fourth-order valence-electron chi connectivity index (χ4n) is 2.33. The maximum atomic E-state index is 12.2. The number of hydrogen-bond acceptors (Lipinski definition) is 4. The number of amides is 1. The predicted molar refractivity (Wildman–Crippen MR) is 94.8 cm³/mol. The standard InChI is InChI=1S/C14H20ClN3O2.2ClH/c1-20-13-7-12(16)11(15)6-10(13)14(19)18-8-9-2-4-17-5-3-9;;/h6-7,9,17H,2-5,8,16H2,1H3,(H,18,19);2*1H. The van der Waals surface area contributed by atoms with Gasteiger partial charge in [-0.1, -0.05) is 11.6 Å². The van der Waals surface area contributed by atoms with E-state index in [1.807, 2.05) is 0 Å². The first-order valence-electron chi connectivity index (χ1n) is 6.73. The minimum absolute atomic E-state index is 0. The summed E-state index contributed by atoms with van der Waals surface area (Å²) >= 11 is 5.97. The number of ether oxygens (including phenoxy) is 1. The number of benzene rings is 1. The topological polar surface area (TPSA) is 76.4 Å². The Balaban J connectivity index is 0.00000220. The van der Waals surface area contributed by atoms with Crippen molar-refractivity contribution >= 4 is 48.0 Å². The fourth-order valence-corrected chi connectivity index (χ4v) is 2.50. The Morgan fingerprint density at radius 3 is 2.64 bits per heavy atom. The summed E-state index contributed by atoms with van der Waals surface area (Å²) in [4.78, 5) is 12.2. The molecule has 2 rings (SSSR count). The van der Waals surface area contributed by atoms with Crippen molar-refractivity contribution in [3.05, 3.63) is 22.7 Å². The average molecular weight is 371 g/mol. The lowest BCUT2D eigenvalue weighted by Crippen LogP contribution is -2.36. The van der Waals surface area contributed by atoms with Crippen LogP contribution < -0.4 is 21.1 Å². The Morgan fingerprint density at radius 2 is 2.05 bits per heavy atom. The number of hydrogen-bond donors (Lipinski definition) is 3. The molecule has 1 aromatic carbocycles. The highest BCUT2D eigenvalue weighted by Gasteiger charge is 2.18. The largest absolute Gasteiger partial charge is 0.496 e. The number of nitrogens with one attached hydrogen (secondary N) is 2. The Labute approximate surface area is 148 Å². The van der Waals surface area contributed by atoms with Crippen LogP contribution in [0.15, 0.2) is 12.1 Å². The fraction of sp³-hybridized carbons (Fsp3) is 0.500. The normalized spacial score (nSPS) is 14.5. The van der Waals surface area contributed by atoms with E-state index in [2.05, 4.69) is 10.6 Å². The van der Waals surface area contributed by atoms with Gasteiger partial charge in [-0.05, 0) is 37.9 Å². The van der Waals surface area contributed by atoms with Gasteiger partial charge in [-0.15, -0.1) is 24.8 Å². The summed E-state index contributed by atoms with van der Waals surface area (Å²) in [5.41, 5.74) is 6.52. The summed E-state index contributed by atoms with van der Waals surface area (Å²) in [7, 11) is 1.51. The molecule has 1 heterocycles. The van der Waals surface area contributed by atoms with Gasteiger partial charge in [0.1, 0.15) is 5.75 Å². The molecule has 1 aromatic rings. The van der Waals surface area contributed by atoms with Gasteiger partial charge in [-0.3, -0.25) is 4.79 Å². The van der Waals surface area contributed by atoms with Crippen molar-refractivity contribution in [2.24, 2.45) is 5.92 Å². The number of carbonyl (C=O) groups is 1. The Morgan fingerprint density at radius 1 is 1.41 bits per heavy atom. The van der Waals surface area contributed by atoms with Crippen LogP contribution in [-0.2, 0) is 0 Å². The first-order valence-corrected chi connectivity index (χ1v) is 7.11. The highest BCUT2D eigenvalue weighted by Crippen LogP contribution is 2.28. The van der Waals surface area contributed by atoms with Crippen LogP contribution in [0.5, 0.6) is 5.75 Å². The second-order valence-electron chi connectivity index (χ2n) is 4.98. The van der Waals surface area contributed by atoms with Crippen molar-refractivity contribution in [2.45, 2.75) is 12.8 Å². The summed E-state index contributed by atoms with van der Waals surface area (Å²) in [6.07, 6.45) is 2.17. The van der Waals surface area contributed by atoms with Crippen molar-refractivity contribution in [3.8, 4) is 5.75 Å². The molecule has 1 saturated heterocycles. The van der Waals surface area contributed by atoms with Gasteiger partial charge in [0.05, 0.1) is 23.4 Å². The van der Waals surface area contributed by atoms with Crippen LogP contribution in [0.2, 0.25) is 5.02 Å². The molecule has 0 bridgehead atoms. The van der Waals surface area contributed by atoms with Gasteiger partial charge in [-0.25, -0.2) is 0 Å². The third kappa shape index (κ3) is 5.39. The SMILES string of the molecule is COc1cc(N)c(Cl)cc1C(=O)NCC1CCNCC1.Cl.Cl. The molecule has 0 radical (unpaired) electrons. The lowest BCUT2D eigenvalue weighted by atomic mass is 9.98. The van der Waals surface area contributed by atoms with E-state index in [1.165, 1.54) is 7.11 Å². The molecule has 22 heavy (non-hydrogen) atoms. The molecule has 8 heteroatoms. The molecule has 1 fully saturated rings. The highest BCUT2D eigenvalue weighted by molar-refractivity contribution is 6.33. The molecule has 0 spiro atoms.